The summed E-state index contributed by atoms with van der Waals surface area (Å²) in [5, 5.41) is 8.97. The van der Waals surface area contributed by atoms with E-state index in [1.54, 1.807) is 17.7 Å². The predicted molar refractivity (Wildman–Crippen MR) is 145 cm³/mol. The lowest BCUT2D eigenvalue weighted by Crippen LogP contribution is -2.18. The Kier molecular flexibility index (Phi) is 6.39. The Morgan fingerprint density at radius 1 is 1.14 bits per heavy atom. The van der Waals surface area contributed by atoms with Crippen molar-refractivity contribution in [2.45, 2.75) is 38.8 Å². The average Bonchev–Trinajstić information content (AvgIpc) is 3.64. The van der Waals surface area contributed by atoms with Gasteiger partial charge in [-0.15, -0.1) is 16.4 Å². The van der Waals surface area contributed by atoms with Crippen molar-refractivity contribution in [2.75, 3.05) is 13.2 Å². The highest BCUT2D eigenvalue weighted by Crippen LogP contribution is 2.40. The molecule has 4 aromatic heterocycles. The Hall–Kier alpha value is -3.34. The van der Waals surface area contributed by atoms with Crippen LogP contribution in [0.4, 0.5) is 0 Å². The van der Waals surface area contributed by atoms with Crippen LogP contribution >= 0.6 is 11.3 Å². The number of hydrogen-bond donors (Lipinski definition) is 1. The SMILES string of the molecule is BNCCc1ccc2nc(C)c(-c3nc(-c4ccccc4)c(-c4ncn(C5CCCCO5)n4)s3)n2c1. The van der Waals surface area contributed by atoms with Crippen LogP contribution in [0, 0.1) is 6.92 Å². The molecule has 8 nitrogen and oxygen atoms in total. The Morgan fingerprint density at radius 2 is 2.03 bits per heavy atom. The normalized spacial score (nSPS) is 16.1. The van der Waals surface area contributed by atoms with Crippen LogP contribution in [0.5, 0.6) is 0 Å². The Labute approximate surface area is 214 Å². The zero-order chi connectivity index (χ0) is 24.5. The van der Waals surface area contributed by atoms with E-state index in [1.165, 1.54) is 5.56 Å². The second-order valence-corrected chi connectivity index (χ2v) is 10.1. The van der Waals surface area contributed by atoms with Crippen molar-refractivity contribution in [1.29, 1.82) is 0 Å². The largest absolute Gasteiger partial charge is 0.362 e. The summed E-state index contributed by atoms with van der Waals surface area (Å²) in [4.78, 5) is 15.6. The summed E-state index contributed by atoms with van der Waals surface area (Å²) >= 11 is 1.61. The molecule has 36 heavy (non-hydrogen) atoms. The van der Waals surface area contributed by atoms with Gasteiger partial charge >= 0.3 is 0 Å². The van der Waals surface area contributed by atoms with E-state index in [1.807, 2.05) is 37.8 Å². The van der Waals surface area contributed by atoms with Gasteiger partial charge in [0.1, 0.15) is 27.6 Å². The quantitative estimate of drug-likeness (QED) is 0.342. The van der Waals surface area contributed by atoms with Crippen molar-refractivity contribution in [3.05, 3.63) is 66.2 Å². The topological polar surface area (TPSA) is 82.2 Å². The first-order chi connectivity index (χ1) is 17.7. The molecule has 0 spiro atoms. The molecule has 5 heterocycles. The van der Waals surface area contributed by atoms with E-state index in [2.05, 4.69) is 45.1 Å². The van der Waals surface area contributed by atoms with Crippen LogP contribution in [0.2, 0.25) is 0 Å². The summed E-state index contributed by atoms with van der Waals surface area (Å²) in [6.45, 7) is 3.74. The van der Waals surface area contributed by atoms with Crippen LogP contribution in [-0.4, -0.2) is 50.3 Å². The maximum Gasteiger partial charge on any atom is 0.193 e. The zero-order valence-electron chi connectivity index (χ0n) is 20.5. The number of rotatable bonds is 7. The summed E-state index contributed by atoms with van der Waals surface area (Å²) in [6.07, 6.45) is 8.06. The van der Waals surface area contributed by atoms with Crippen LogP contribution < -0.4 is 5.23 Å². The van der Waals surface area contributed by atoms with Crippen molar-refractivity contribution >= 4 is 25.0 Å². The molecular weight excluding hydrogens is 469 g/mol. The van der Waals surface area contributed by atoms with Gasteiger partial charge in [0.05, 0.1) is 11.4 Å². The number of aryl methyl sites for hydroxylation is 1. The van der Waals surface area contributed by atoms with E-state index in [9.17, 15) is 0 Å². The highest BCUT2D eigenvalue weighted by Gasteiger charge is 2.24. The van der Waals surface area contributed by atoms with E-state index in [-0.39, 0.29) is 6.23 Å². The van der Waals surface area contributed by atoms with Gasteiger partial charge in [-0.3, -0.25) is 4.40 Å². The third-order valence-electron chi connectivity index (χ3n) is 6.56. The molecule has 1 N–H and O–H groups in total. The minimum absolute atomic E-state index is 0.0513. The second kappa shape index (κ2) is 9.96. The fourth-order valence-electron chi connectivity index (χ4n) is 4.70. The molecule has 1 aliphatic heterocycles. The molecule has 1 atom stereocenters. The molecule has 10 heteroatoms. The maximum atomic E-state index is 5.93. The van der Waals surface area contributed by atoms with Crippen LogP contribution in [0.3, 0.4) is 0 Å². The number of pyridine rings is 1. The number of benzene rings is 1. The van der Waals surface area contributed by atoms with Crippen molar-refractivity contribution in [3.8, 4) is 32.7 Å². The van der Waals surface area contributed by atoms with Gasteiger partial charge in [0, 0.05) is 18.4 Å². The fraction of sp³-hybridized carbons (Fsp3) is 0.308. The molecule has 1 aromatic carbocycles. The number of ether oxygens (including phenoxy) is 1. The zero-order valence-corrected chi connectivity index (χ0v) is 21.3. The Balaban J connectivity index is 1.46. The lowest BCUT2D eigenvalue weighted by molar-refractivity contribution is -0.0395. The van der Waals surface area contributed by atoms with Crippen LogP contribution in [0.1, 0.15) is 36.7 Å². The summed E-state index contributed by atoms with van der Waals surface area (Å²) < 4.78 is 9.95. The standard InChI is InChI=1S/C26H28BN7OS/c1-17-23(33-15-18(12-13-29-27)10-11-20(33)30-17)26-31-22(19-7-3-2-4-8-19)24(36-26)25-28-16-34(32-25)21-9-5-6-14-35-21/h2-4,7-8,10-11,15-16,21,29H,5-6,9,12-14,27H2,1H3. The van der Waals surface area contributed by atoms with E-state index < -0.39 is 0 Å². The molecule has 182 valence electrons. The van der Waals surface area contributed by atoms with Gasteiger partial charge in [0.2, 0.25) is 0 Å². The first-order valence-corrected chi connectivity index (χ1v) is 13.2. The minimum Gasteiger partial charge on any atom is -0.362 e. The molecule has 5 aromatic rings. The molecule has 0 bridgehead atoms. The average molecular weight is 497 g/mol. The molecule has 1 unspecified atom stereocenters. The lowest BCUT2D eigenvalue weighted by atomic mass is 10.1. The van der Waals surface area contributed by atoms with Gasteiger partial charge in [0.15, 0.2) is 20.0 Å². The van der Waals surface area contributed by atoms with Gasteiger partial charge in [-0.2, -0.15) is 0 Å². The van der Waals surface area contributed by atoms with E-state index in [4.69, 9.17) is 19.8 Å². The molecular formula is C26H28BN7OS. The molecule has 1 saturated heterocycles. The van der Waals surface area contributed by atoms with E-state index >= 15 is 0 Å². The van der Waals surface area contributed by atoms with Crippen molar-refractivity contribution in [3.63, 3.8) is 0 Å². The molecule has 6 rings (SSSR count). The van der Waals surface area contributed by atoms with Gasteiger partial charge in [0.25, 0.3) is 0 Å². The summed E-state index contributed by atoms with van der Waals surface area (Å²) in [5.74, 6) is 0.674. The Morgan fingerprint density at radius 3 is 2.83 bits per heavy atom. The number of hydrogen-bond acceptors (Lipinski definition) is 7. The van der Waals surface area contributed by atoms with Crippen molar-refractivity contribution < 1.29 is 4.74 Å². The van der Waals surface area contributed by atoms with Crippen molar-refractivity contribution in [1.82, 2.24) is 34.4 Å². The maximum absolute atomic E-state index is 5.93. The Bertz CT molecular complexity index is 1490. The number of fused-ring (bicyclic) bond motifs is 1. The molecule has 0 saturated carbocycles. The van der Waals surface area contributed by atoms with Crippen LogP contribution in [-0.2, 0) is 11.2 Å². The minimum atomic E-state index is -0.0513. The van der Waals surface area contributed by atoms with Crippen LogP contribution in [0.15, 0.2) is 55.0 Å². The third-order valence-corrected chi connectivity index (χ3v) is 7.62. The van der Waals surface area contributed by atoms with E-state index in [0.29, 0.717) is 5.82 Å². The van der Waals surface area contributed by atoms with Gasteiger partial charge in [-0.1, -0.05) is 36.4 Å². The number of nitrogens with one attached hydrogen (secondary N) is 1. The van der Waals surface area contributed by atoms with Crippen LogP contribution in [0.25, 0.3) is 38.3 Å². The smallest absolute Gasteiger partial charge is 0.193 e. The highest BCUT2D eigenvalue weighted by molar-refractivity contribution is 7.18. The van der Waals surface area contributed by atoms with Gasteiger partial charge < -0.3 is 9.96 Å². The summed E-state index contributed by atoms with van der Waals surface area (Å²) in [7, 11) is 1.98. The monoisotopic (exact) mass is 497 g/mol. The predicted octanol–water partition coefficient (Wildman–Crippen LogP) is 4.07. The number of imidazole rings is 1. The van der Waals surface area contributed by atoms with Gasteiger partial charge in [-0.05, 0) is 50.8 Å². The first kappa shape index (κ1) is 23.1. The summed E-state index contributed by atoms with van der Waals surface area (Å²) in [5.41, 5.74) is 6.07. The molecule has 1 aliphatic rings. The third kappa shape index (κ3) is 4.36. The highest BCUT2D eigenvalue weighted by atomic mass is 32.1. The number of thiazole rings is 1. The number of nitrogens with zero attached hydrogens (tertiary/aromatic N) is 6. The second-order valence-electron chi connectivity index (χ2n) is 9.10. The molecule has 0 aliphatic carbocycles. The number of aromatic nitrogens is 6. The summed E-state index contributed by atoms with van der Waals surface area (Å²) in [6, 6.07) is 14.5. The lowest BCUT2D eigenvalue weighted by Gasteiger charge is -2.21. The van der Waals surface area contributed by atoms with Gasteiger partial charge in [-0.25, -0.2) is 19.6 Å². The van der Waals surface area contributed by atoms with E-state index in [0.717, 1.165) is 77.0 Å². The fourth-order valence-corrected chi connectivity index (χ4v) is 5.81. The molecule has 1 fully saturated rings. The van der Waals surface area contributed by atoms with Crippen molar-refractivity contribution in [2.24, 2.45) is 0 Å². The molecule has 0 amide bonds. The molecule has 0 radical (unpaired) electrons. The first-order valence-electron chi connectivity index (χ1n) is 12.4.